The van der Waals surface area contributed by atoms with E-state index < -0.39 is 0 Å². The Kier molecular flexibility index (Phi) is 2.83. The van der Waals surface area contributed by atoms with E-state index in [1.807, 2.05) is 30.3 Å². The Morgan fingerprint density at radius 1 is 1.20 bits per heavy atom. The maximum atomic E-state index is 5.21. The van der Waals surface area contributed by atoms with Crippen molar-refractivity contribution >= 4 is 10.9 Å². The molecule has 0 unspecified atom stereocenters. The Morgan fingerprint density at radius 2 is 2.00 bits per heavy atom. The van der Waals surface area contributed by atoms with Gasteiger partial charge in [0.15, 0.2) is 0 Å². The molecule has 0 aliphatic heterocycles. The van der Waals surface area contributed by atoms with Gasteiger partial charge in [-0.3, -0.25) is 0 Å². The van der Waals surface area contributed by atoms with E-state index in [4.69, 9.17) is 9.47 Å². The van der Waals surface area contributed by atoms with E-state index in [9.17, 15) is 0 Å². The highest BCUT2D eigenvalue weighted by atomic mass is 16.5. The summed E-state index contributed by atoms with van der Waals surface area (Å²) in [6, 6.07) is 10.00. The molecule has 0 aliphatic rings. The van der Waals surface area contributed by atoms with Gasteiger partial charge >= 0.3 is 0 Å². The third-order valence-corrected chi connectivity index (χ3v) is 2.26. The van der Waals surface area contributed by atoms with Gasteiger partial charge in [0.1, 0.15) is 0 Å². The van der Waals surface area contributed by atoms with E-state index in [-0.39, 0.29) is 0 Å². The van der Waals surface area contributed by atoms with Crippen LogP contribution in [-0.2, 0) is 11.3 Å². The minimum absolute atomic E-state index is 0.515. The van der Waals surface area contributed by atoms with Gasteiger partial charge in [-0.2, -0.15) is 0 Å². The van der Waals surface area contributed by atoms with E-state index in [0.29, 0.717) is 12.5 Å². The molecule has 0 aliphatic carbocycles. The fourth-order valence-corrected chi connectivity index (χ4v) is 1.58. The monoisotopic (exact) mass is 203 g/mol. The Morgan fingerprint density at radius 3 is 2.73 bits per heavy atom. The molecule has 0 fully saturated rings. The van der Waals surface area contributed by atoms with Gasteiger partial charge in [-0.15, -0.1) is 0 Å². The Hall–Kier alpha value is -1.61. The van der Waals surface area contributed by atoms with Crippen LogP contribution in [0.2, 0.25) is 0 Å². The highest BCUT2D eigenvalue weighted by molar-refractivity contribution is 5.79. The van der Waals surface area contributed by atoms with Crippen molar-refractivity contribution in [1.82, 2.24) is 4.98 Å². The molecular formula is C12H13NO2. The van der Waals surface area contributed by atoms with Crippen LogP contribution in [-0.4, -0.2) is 19.2 Å². The Labute approximate surface area is 88.7 Å². The summed E-state index contributed by atoms with van der Waals surface area (Å²) in [4.78, 5) is 4.41. The van der Waals surface area contributed by atoms with Gasteiger partial charge in [-0.25, -0.2) is 4.98 Å². The largest absolute Gasteiger partial charge is 0.481 e. The summed E-state index contributed by atoms with van der Waals surface area (Å²) in [6.45, 7) is 0.515. The first kappa shape index (κ1) is 9.93. The molecule has 2 rings (SSSR count). The maximum Gasteiger partial charge on any atom is 0.219 e. The van der Waals surface area contributed by atoms with E-state index in [1.54, 1.807) is 14.2 Å². The second kappa shape index (κ2) is 4.28. The third-order valence-electron chi connectivity index (χ3n) is 2.26. The van der Waals surface area contributed by atoms with Gasteiger partial charge in [-0.05, 0) is 12.1 Å². The number of nitrogens with zero attached hydrogens (tertiary/aromatic N) is 1. The molecule has 1 heterocycles. The molecule has 0 atom stereocenters. The highest BCUT2D eigenvalue weighted by Gasteiger charge is 2.06. The predicted octanol–water partition coefficient (Wildman–Crippen LogP) is 2.39. The zero-order valence-corrected chi connectivity index (χ0v) is 8.86. The van der Waals surface area contributed by atoms with Crippen LogP contribution in [0.25, 0.3) is 10.9 Å². The molecule has 0 spiro atoms. The van der Waals surface area contributed by atoms with Gasteiger partial charge in [0.2, 0.25) is 5.88 Å². The number of rotatable bonds is 3. The molecule has 15 heavy (non-hydrogen) atoms. The van der Waals surface area contributed by atoms with Crippen LogP contribution in [0.1, 0.15) is 5.56 Å². The zero-order chi connectivity index (χ0) is 10.7. The van der Waals surface area contributed by atoms with Crippen molar-refractivity contribution < 1.29 is 9.47 Å². The summed E-state index contributed by atoms with van der Waals surface area (Å²) in [5, 5.41) is 1.10. The molecular weight excluding hydrogens is 190 g/mol. The van der Waals surface area contributed by atoms with Crippen molar-refractivity contribution in [1.29, 1.82) is 0 Å². The topological polar surface area (TPSA) is 31.4 Å². The highest BCUT2D eigenvalue weighted by Crippen LogP contribution is 2.22. The van der Waals surface area contributed by atoms with Crippen LogP contribution in [0.5, 0.6) is 5.88 Å². The fourth-order valence-electron chi connectivity index (χ4n) is 1.58. The van der Waals surface area contributed by atoms with Crippen LogP contribution < -0.4 is 4.74 Å². The van der Waals surface area contributed by atoms with Crippen molar-refractivity contribution in [2.75, 3.05) is 14.2 Å². The quantitative estimate of drug-likeness (QED) is 0.767. The Balaban J connectivity index is 2.58. The molecule has 0 N–H and O–H groups in total. The lowest BCUT2D eigenvalue weighted by molar-refractivity contribution is 0.181. The molecule has 3 heteroatoms. The van der Waals surface area contributed by atoms with Gasteiger partial charge < -0.3 is 9.47 Å². The van der Waals surface area contributed by atoms with E-state index >= 15 is 0 Å². The number of hydrogen-bond acceptors (Lipinski definition) is 3. The van der Waals surface area contributed by atoms with Gasteiger partial charge in [0.05, 0.1) is 19.2 Å². The third kappa shape index (κ3) is 1.92. The second-order valence-corrected chi connectivity index (χ2v) is 3.28. The number of methoxy groups -OCH3 is 2. The maximum absolute atomic E-state index is 5.21. The average molecular weight is 203 g/mol. The number of hydrogen-bond donors (Lipinski definition) is 0. The number of pyridine rings is 1. The lowest BCUT2D eigenvalue weighted by atomic mass is 10.1. The molecule has 0 saturated heterocycles. The lowest BCUT2D eigenvalue weighted by Gasteiger charge is -2.08. The Bertz CT molecular complexity index is 468. The van der Waals surface area contributed by atoms with E-state index in [1.165, 1.54) is 0 Å². The minimum atomic E-state index is 0.515. The van der Waals surface area contributed by atoms with Crippen LogP contribution in [0, 0.1) is 0 Å². The van der Waals surface area contributed by atoms with Crippen LogP contribution in [0.15, 0.2) is 30.3 Å². The van der Waals surface area contributed by atoms with Crippen LogP contribution in [0.4, 0.5) is 0 Å². The molecule has 2 aromatic rings. The smallest absolute Gasteiger partial charge is 0.219 e. The minimum Gasteiger partial charge on any atom is -0.481 e. The summed E-state index contributed by atoms with van der Waals surface area (Å²) >= 11 is 0. The number of ether oxygens (including phenoxy) is 2. The van der Waals surface area contributed by atoms with Gasteiger partial charge in [-0.1, -0.05) is 18.2 Å². The van der Waals surface area contributed by atoms with Crippen molar-refractivity contribution in [3.8, 4) is 5.88 Å². The standard InChI is InChI=1S/C12H13NO2/c1-14-8-10-7-9-5-3-4-6-11(9)13-12(10)15-2/h3-7H,8H2,1-2H3. The predicted molar refractivity (Wildman–Crippen MR) is 59.0 cm³/mol. The molecule has 0 saturated carbocycles. The summed E-state index contributed by atoms with van der Waals surface area (Å²) < 4.78 is 10.3. The van der Waals surface area contributed by atoms with Crippen LogP contribution in [0.3, 0.4) is 0 Å². The van der Waals surface area contributed by atoms with E-state index in [0.717, 1.165) is 16.5 Å². The molecule has 0 amide bonds. The van der Waals surface area contributed by atoms with Crippen molar-refractivity contribution in [2.24, 2.45) is 0 Å². The van der Waals surface area contributed by atoms with Crippen LogP contribution >= 0.6 is 0 Å². The fraction of sp³-hybridized carbons (Fsp3) is 0.250. The molecule has 1 aromatic carbocycles. The summed E-state index contributed by atoms with van der Waals surface area (Å²) in [7, 11) is 3.28. The molecule has 0 radical (unpaired) electrons. The normalized spacial score (nSPS) is 10.5. The second-order valence-electron chi connectivity index (χ2n) is 3.28. The summed E-state index contributed by atoms with van der Waals surface area (Å²) in [5.41, 5.74) is 1.91. The molecule has 3 nitrogen and oxygen atoms in total. The van der Waals surface area contributed by atoms with E-state index in [2.05, 4.69) is 4.98 Å². The molecule has 0 bridgehead atoms. The first-order valence-electron chi connectivity index (χ1n) is 4.76. The van der Waals surface area contributed by atoms with Crippen molar-refractivity contribution in [3.05, 3.63) is 35.9 Å². The SMILES string of the molecule is COCc1cc2ccccc2nc1OC. The van der Waals surface area contributed by atoms with Crippen molar-refractivity contribution in [3.63, 3.8) is 0 Å². The zero-order valence-electron chi connectivity index (χ0n) is 8.86. The van der Waals surface area contributed by atoms with Crippen molar-refractivity contribution in [2.45, 2.75) is 6.61 Å². The first-order valence-corrected chi connectivity index (χ1v) is 4.76. The summed E-state index contributed by atoms with van der Waals surface area (Å²) in [5.74, 6) is 0.635. The van der Waals surface area contributed by atoms with Gasteiger partial charge in [0.25, 0.3) is 0 Å². The molecule has 1 aromatic heterocycles. The first-order chi connectivity index (χ1) is 7.35. The number of aromatic nitrogens is 1. The number of para-hydroxylation sites is 1. The van der Waals surface area contributed by atoms with Gasteiger partial charge in [0, 0.05) is 18.1 Å². The number of benzene rings is 1. The lowest BCUT2D eigenvalue weighted by Crippen LogP contribution is -1.97. The molecule has 78 valence electrons. The number of fused-ring (bicyclic) bond motifs is 1. The average Bonchev–Trinajstić information content (AvgIpc) is 2.28. The summed E-state index contributed by atoms with van der Waals surface area (Å²) in [6.07, 6.45) is 0.